The van der Waals surface area contributed by atoms with Gasteiger partial charge in [0.1, 0.15) is 4.58 Å². The lowest BCUT2D eigenvalue weighted by atomic mass is 10.6. The van der Waals surface area contributed by atoms with Crippen LogP contribution in [0.25, 0.3) is 0 Å². The van der Waals surface area contributed by atoms with Crippen LogP contribution in [-0.2, 0) is 23.6 Å². The quantitative estimate of drug-likeness (QED) is 0.194. The van der Waals surface area contributed by atoms with Crippen molar-refractivity contribution in [2.45, 2.75) is 17.9 Å². The van der Waals surface area contributed by atoms with Crippen LogP contribution in [0, 0.1) is 0 Å². The molecule has 12 heavy (non-hydrogen) atoms. The van der Waals surface area contributed by atoms with Crippen molar-refractivity contribution in [3.8, 4) is 0 Å². The summed E-state index contributed by atoms with van der Waals surface area (Å²) in [4.78, 5) is 4.16. The van der Waals surface area contributed by atoms with Crippen LogP contribution in [0.5, 0.6) is 0 Å². The highest BCUT2D eigenvalue weighted by Gasteiger charge is 2.10. The largest absolute Gasteiger partial charge is 0.691 e. The van der Waals surface area contributed by atoms with Crippen LogP contribution in [0.3, 0.4) is 0 Å². The summed E-state index contributed by atoms with van der Waals surface area (Å²) in [6.07, 6.45) is 0.714. The fourth-order valence-electron chi connectivity index (χ4n) is 0.300. The van der Waals surface area contributed by atoms with Gasteiger partial charge in [-0.25, -0.2) is 4.89 Å². The first-order chi connectivity index (χ1) is 5.85. The minimum absolute atomic E-state index is 0.117. The summed E-state index contributed by atoms with van der Waals surface area (Å²) >= 11 is 1.80. The van der Waals surface area contributed by atoms with Gasteiger partial charge in [0.25, 0.3) is 0 Å². The Morgan fingerprint density at radius 1 is 1.33 bits per heavy atom. The minimum atomic E-state index is -0.117. The molecule has 0 radical (unpaired) electrons. The molecule has 0 aromatic carbocycles. The third-order valence-corrected chi connectivity index (χ3v) is 2.59. The average molecular weight is 217 g/mol. The Labute approximate surface area is 78.6 Å². The van der Waals surface area contributed by atoms with Gasteiger partial charge in [-0.2, -0.15) is 4.33 Å². The van der Waals surface area contributed by atoms with Crippen LogP contribution in [0.4, 0.5) is 0 Å². The summed E-state index contributed by atoms with van der Waals surface area (Å²) in [6, 6.07) is 0. The molecular weight excluding hydrogens is 208 g/mol. The van der Waals surface area contributed by atoms with E-state index in [1.807, 2.05) is 6.92 Å². The monoisotopic (exact) mass is 217 g/mol. The van der Waals surface area contributed by atoms with Crippen molar-refractivity contribution < 1.29 is 28.9 Å². The second-order valence-corrected chi connectivity index (χ2v) is 3.56. The maximum atomic E-state index is 9.43. The summed E-state index contributed by atoms with van der Waals surface area (Å²) in [5.41, 5.74) is 0. The average Bonchev–Trinajstić information content (AvgIpc) is 2.11. The Morgan fingerprint density at radius 2 is 2.00 bits per heavy atom. The Kier molecular flexibility index (Phi) is 9.91. The molecule has 1 unspecified atom stereocenters. The van der Waals surface area contributed by atoms with Crippen molar-refractivity contribution in [2.24, 2.45) is 0 Å². The molecule has 0 saturated carbocycles. The Morgan fingerprint density at radius 3 is 2.50 bits per heavy atom. The van der Waals surface area contributed by atoms with Gasteiger partial charge in [0.05, 0.1) is 19.2 Å². The minimum Gasteiger partial charge on any atom is -0.691 e. The Balaban J connectivity index is 3.26. The van der Waals surface area contributed by atoms with Crippen LogP contribution in [0.2, 0.25) is 0 Å². The van der Waals surface area contributed by atoms with Crippen LogP contribution < -0.4 is 5.26 Å². The van der Waals surface area contributed by atoms with Crippen molar-refractivity contribution in [3.05, 3.63) is 0 Å². The van der Waals surface area contributed by atoms with E-state index < -0.39 is 0 Å². The molecule has 0 aliphatic rings. The van der Waals surface area contributed by atoms with Gasteiger partial charge in [0.15, 0.2) is 0 Å². The van der Waals surface area contributed by atoms with Crippen LogP contribution in [0.1, 0.15) is 13.3 Å². The predicted molar refractivity (Wildman–Crippen MR) is 40.6 cm³/mol. The van der Waals surface area contributed by atoms with Gasteiger partial charge in [-0.3, -0.25) is 5.04 Å². The van der Waals surface area contributed by atoms with Crippen molar-refractivity contribution in [2.75, 3.05) is 7.11 Å². The normalized spacial score (nSPS) is 13.2. The van der Waals surface area contributed by atoms with Gasteiger partial charge in [0.2, 0.25) is 0 Å². The lowest BCUT2D eigenvalue weighted by molar-refractivity contribution is -0.777. The van der Waals surface area contributed by atoms with E-state index in [0.29, 0.717) is 6.42 Å². The van der Waals surface area contributed by atoms with Crippen LogP contribution in [-0.4, -0.2) is 11.7 Å². The second-order valence-electron chi connectivity index (χ2n) is 1.47. The lowest BCUT2D eigenvalue weighted by Gasteiger charge is -2.10. The molecule has 0 aromatic heterocycles. The number of hydrogen-bond acceptors (Lipinski definition) is 8. The highest BCUT2D eigenvalue weighted by atomic mass is 32.2. The second kappa shape index (κ2) is 9.55. The third-order valence-electron chi connectivity index (χ3n) is 0.750. The summed E-state index contributed by atoms with van der Waals surface area (Å²) in [6.45, 7) is 1.88. The SMILES string of the molecule is CCC(SOO[O-])SOOOC. The highest BCUT2D eigenvalue weighted by Crippen LogP contribution is 2.27. The van der Waals surface area contributed by atoms with E-state index in [4.69, 9.17) is 0 Å². The summed E-state index contributed by atoms with van der Waals surface area (Å²) in [5.74, 6) is 0. The van der Waals surface area contributed by atoms with E-state index in [9.17, 15) is 5.26 Å². The van der Waals surface area contributed by atoms with E-state index in [-0.39, 0.29) is 4.58 Å². The molecule has 0 aliphatic heterocycles. The molecule has 0 bridgehead atoms. The van der Waals surface area contributed by atoms with Gasteiger partial charge < -0.3 is 5.26 Å². The standard InChI is InChI=1S/C4H10O6S2/c1-3-4(11-9-7-5)12-10-8-6-2/h4-5H,3H2,1-2H3/p-1. The summed E-state index contributed by atoms with van der Waals surface area (Å²) in [5, 5.41) is 16.7. The summed E-state index contributed by atoms with van der Waals surface area (Å²) in [7, 11) is 1.31. The zero-order chi connectivity index (χ0) is 9.23. The van der Waals surface area contributed by atoms with E-state index >= 15 is 0 Å². The molecule has 0 fully saturated rings. The van der Waals surface area contributed by atoms with Gasteiger partial charge >= 0.3 is 0 Å². The van der Waals surface area contributed by atoms with Gasteiger partial charge in [-0.1, -0.05) is 12.0 Å². The molecule has 0 heterocycles. The van der Waals surface area contributed by atoms with Crippen molar-refractivity contribution in [1.29, 1.82) is 0 Å². The summed E-state index contributed by atoms with van der Waals surface area (Å²) < 4.78 is 8.43. The van der Waals surface area contributed by atoms with Crippen molar-refractivity contribution >= 4 is 24.1 Å². The molecule has 0 spiro atoms. The van der Waals surface area contributed by atoms with E-state index in [0.717, 1.165) is 24.1 Å². The van der Waals surface area contributed by atoms with E-state index in [2.05, 4.69) is 23.6 Å². The smallest absolute Gasteiger partial charge is 0.109 e. The first-order valence-corrected chi connectivity index (χ1v) is 4.60. The molecule has 0 rings (SSSR count). The molecular formula is C4H9O6S2-. The molecule has 1 atom stereocenters. The van der Waals surface area contributed by atoms with E-state index in [1.54, 1.807) is 0 Å². The fourth-order valence-corrected chi connectivity index (χ4v) is 1.19. The number of hydrogen-bond donors (Lipinski definition) is 0. The maximum Gasteiger partial charge on any atom is 0.109 e. The van der Waals surface area contributed by atoms with Crippen LogP contribution in [0.15, 0.2) is 0 Å². The Bertz CT molecular complexity index is 93.6. The van der Waals surface area contributed by atoms with Gasteiger partial charge in [0, 0.05) is 12.0 Å². The van der Waals surface area contributed by atoms with Crippen molar-refractivity contribution in [3.63, 3.8) is 0 Å². The topological polar surface area (TPSA) is 69.2 Å². The molecule has 0 aromatic rings. The van der Waals surface area contributed by atoms with Crippen LogP contribution >= 0.6 is 24.1 Å². The molecule has 8 heteroatoms. The fraction of sp³-hybridized carbons (Fsp3) is 1.00. The lowest BCUT2D eigenvalue weighted by Crippen LogP contribution is -2.05. The highest BCUT2D eigenvalue weighted by molar-refractivity contribution is 8.12. The maximum absolute atomic E-state index is 9.43. The molecule has 0 amide bonds. The predicted octanol–water partition coefficient (Wildman–Crippen LogP) is 0.752. The zero-order valence-corrected chi connectivity index (χ0v) is 8.18. The van der Waals surface area contributed by atoms with Crippen molar-refractivity contribution in [1.82, 2.24) is 0 Å². The first-order valence-electron chi connectivity index (χ1n) is 3.00. The first kappa shape index (κ1) is 12.5. The zero-order valence-electron chi connectivity index (χ0n) is 6.55. The molecule has 0 N–H and O–H groups in total. The molecule has 0 saturated heterocycles. The van der Waals surface area contributed by atoms with Gasteiger partial charge in [-0.15, -0.1) is 4.33 Å². The van der Waals surface area contributed by atoms with E-state index in [1.165, 1.54) is 7.11 Å². The molecule has 0 aliphatic carbocycles. The van der Waals surface area contributed by atoms with Gasteiger partial charge in [-0.05, 0) is 6.42 Å². The molecule has 74 valence electrons. The molecule has 6 nitrogen and oxygen atoms in total. The third kappa shape index (κ3) is 7.13. The Hall–Kier alpha value is 0.460. The number of rotatable bonds is 8.